The molecule has 0 unspecified atom stereocenters. The van der Waals surface area contributed by atoms with Crippen molar-refractivity contribution >= 4 is 29.5 Å². The van der Waals surface area contributed by atoms with E-state index in [2.05, 4.69) is 18.2 Å². The lowest BCUT2D eigenvalue weighted by molar-refractivity contribution is -0.154. The fraction of sp³-hybridized carbons (Fsp3) is 0.667. The SMILES string of the molecule is C=CC(=CC(=O)C[C@H](C)C[C@@H](C)CC[C@H](O)[C@H](C)C(=O)C[C@@H](O)[C@H](C)[C@@H](C)OC(=O)C[C@@H](O)C1=C(C)C(=O)OC1=O)CC. The Balaban J connectivity index is 2.51. The van der Waals surface area contributed by atoms with Crippen molar-refractivity contribution in [1.82, 2.24) is 0 Å². The first-order chi connectivity index (χ1) is 20.0. The van der Waals surface area contributed by atoms with Gasteiger partial charge in [0.25, 0.3) is 0 Å². The number of esters is 3. The summed E-state index contributed by atoms with van der Waals surface area (Å²) in [7, 11) is 0. The lowest BCUT2D eigenvalue weighted by Gasteiger charge is -2.27. The molecule has 1 aliphatic rings. The lowest BCUT2D eigenvalue weighted by Crippen LogP contribution is -2.36. The highest BCUT2D eigenvalue weighted by molar-refractivity contribution is 6.12. The predicted octanol–water partition coefficient (Wildman–Crippen LogP) is 3.95. The summed E-state index contributed by atoms with van der Waals surface area (Å²) in [5.41, 5.74) is 0.552. The number of carbonyl (C=O) groups is 5. The Morgan fingerprint density at radius 3 is 2.07 bits per heavy atom. The molecule has 0 bridgehead atoms. The van der Waals surface area contributed by atoms with Crippen molar-refractivity contribution in [3.05, 3.63) is 35.5 Å². The summed E-state index contributed by atoms with van der Waals surface area (Å²) in [5.74, 6) is -3.91. The molecule has 0 amide bonds. The van der Waals surface area contributed by atoms with Crippen molar-refractivity contribution in [1.29, 1.82) is 0 Å². The van der Waals surface area contributed by atoms with Gasteiger partial charge in [0.05, 0.1) is 30.3 Å². The molecule has 1 rings (SSSR count). The Morgan fingerprint density at radius 1 is 0.907 bits per heavy atom. The number of aliphatic hydroxyl groups is 3. The van der Waals surface area contributed by atoms with E-state index in [1.54, 1.807) is 26.0 Å². The highest BCUT2D eigenvalue weighted by Crippen LogP contribution is 2.25. The molecule has 0 saturated heterocycles. The quantitative estimate of drug-likeness (QED) is 0.0800. The zero-order chi connectivity index (χ0) is 33.0. The summed E-state index contributed by atoms with van der Waals surface area (Å²) in [5, 5.41) is 31.5. The van der Waals surface area contributed by atoms with E-state index >= 15 is 0 Å². The van der Waals surface area contributed by atoms with Crippen molar-refractivity contribution in [3.63, 3.8) is 0 Å². The van der Waals surface area contributed by atoms with Gasteiger partial charge in [-0.05, 0) is 63.0 Å². The van der Waals surface area contributed by atoms with Crippen LogP contribution in [0, 0.1) is 23.7 Å². The summed E-state index contributed by atoms with van der Waals surface area (Å²) >= 11 is 0. The van der Waals surface area contributed by atoms with E-state index in [-0.39, 0.29) is 41.0 Å². The van der Waals surface area contributed by atoms with Crippen LogP contribution in [0.3, 0.4) is 0 Å². The van der Waals surface area contributed by atoms with E-state index in [1.807, 2.05) is 13.8 Å². The molecular weight excluding hydrogens is 556 g/mol. The third-order valence-corrected chi connectivity index (χ3v) is 8.30. The Bertz CT molecular complexity index is 1090. The van der Waals surface area contributed by atoms with Gasteiger partial charge in [-0.15, -0.1) is 0 Å². The number of rotatable bonds is 20. The van der Waals surface area contributed by atoms with Crippen LogP contribution in [0.1, 0.15) is 93.4 Å². The number of allylic oxidation sites excluding steroid dienone is 3. The van der Waals surface area contributed by atoms with Crippen molar-refractivity contribution in [2.75, 3.05) is 0 Å². The number of Topliss-reactive ketones (excluding diaryl/α,β-unsaturated/α-hetero) is 1. The van der Waals surface area contributed by atoms with Gasteiger partial charge in [-0.25, -0.2) is 9.59 Å². The van der Waals surface area contributed by atoms with E-state index in [9.17, 15) is 39.3 Å². The number of carbonyl (C=O) groups excluding carboxylic acids is 5. The number of ketones is 2. The van der Waals surface area contributed by atoms with Gasteiger partial charge in [0, 0.05) is 30.3 Å². The molecule has 0 saturated carbocycles. The monoisotopic (exact) mass is 606 g/mol. The van der Waals surface area contributed by atoms with E-state index in [0.29, 0.717) is 19.3 Å². The molecule has 10 nitrogen and oxygen atoms in total. The molecule has 8 atom stereocenters. The van der Waals surface area contributed by atoms with Crippen LogP contribution >= 0.6 is 0 Å². The molecule has 0 fully saturated rings. The first-order valence-electron chi connectivity index (χ1n) is 15.1. The zero-order valence-electron chi connectivity index (χ0n) is 26.6. The van der Waals surface area contributed by atoms with Gasteiger partial charge in [-0.3, -0.25) is 14.4 Å². The number of hydrogen-bond acceptors (Lipinski definition) is 10. The third kappa shape index (κ3) is 12.3. The van der Waals surface area contributed by atoms with Crippen molar-refractivity contribution in [2.45, 2.75) is 118 Å². The van der Waals surface area contributed by atoms with Crippen LogP contribution in [-0.2, 0) is 33.4 Å². The molecule has 3 N–H and O–H groups in total. The van der Waals surface area contributed by atoms with Crippen molar-refractivity contribution in [2.24, 2.45) is 23.7 Å². The molecule has 0 aromatic heterocycles. The average molecular weight is 607 g/mol. The first kappa shape index (κ1) is 38.1. The van der Waals surface area contributed by atoms with Gasteiger partial charge in [0.15, 0.2) is 5.78 Å². The van der Waals surface area contributed by atoms with E-state index < -0.39 is 60.6 Å². The zero-order valence-corrected chi connectivity index (χ0v) is 26.6. The minimum atomic E-state index is -1.58. The standard InChI is InChI=1S/C33H50O10/c1-9-24(10-2)15-25(34)14-19(4)13-18(3)11-12-26(35)21(6)28(37)16-27(36)20(5)23(8)42-30(39)17-29(38)31-22(7)32(40)43-33(31)41/h9,15,18-21,23,26-27,29,35-36,38H,1,10-14,16-17H2,2-8H3/t18-,19+,20+,21-,23+,26-,27+,29+/m0/s1. The van der Waals surface area contributed by atoms with E-state index in [1.165, 1.54) is 13.8 Å². The van der Waals surface area contributed by atoms with Crippen LogP contribution < -0.4 is 0 Å². The van der Waals surface area contributed by atoms with Crippen LogP contribution in [0.25, 0.3) is 0 Å². The van der Waals surface area contributed by atoms with Gasteiger partial charge in [-0.1, -0.05) is 47.3 Å². The van der Waals surface area contributed by atoms with Gasteiger partial charge >= 0.3 is 17.9 Å². The van der Waals surface area contributed by atoms with Crippen molar-refractivity contribution < 1.29 is 48.8 Å². The second-order valence-electron chi connectivity index (χ2n) is 12.1. The highest BCUT2D eigenvalue weighted by Gasteiger charge is 2.36. The molecule has 1 aliphatic heterocycles. The molecule has 0 spiro atoms. The topological polar surface area (TPSA) is 164 Å². The second-order valence-corrected chi connectivity index (χ2v) is 12.1. The normalized spacial score (nSPS) is 19.5. The third-order valence-electron chi connectivity index (χ3n) is 8.30. The molecular formula is C33H50O10. The van der Waals surface area contributed by atoms with E-state index in [4.69, 9.17) is 4.74 Å². The van der Waals surface area contributed by atoms with Gasteiger partial charge in [0.1, 0.15) is 11.9 Å². The number of ether oxygens (including phenoxy) is 2. The second kappa shape index (κ2) is 18.0. The maximum Gasteiger partial charge on any atom is 0.345 e. The van der Waals surface area contributed by atoms with Gasteiger partial charge in [0.2, 0.25) is 0 Å². The number of aliphatic hydroxyl groups excluding tert-OH is 3. The minimum absolute atomic E-state index is 0.0736. The molecule has 1 heterocycles. The molecule has 10 heteroatoms. The van der Waals surface area contributed by atoms with Crippen molar-refractivity contribution in [3.8, 4) is 0 Å². The molecule has 0 radical (unpaired) electrons. The van der Waals surface area contributed by atoms with Crippen LogP contribution in [0.15, 0.2) is 35.5 Å². The fourth-order valence-corrected chi connectivity index (χ4v) is 5.10. The molecule has 43 heavy (non-hydrogen) atoms. The van der Waals surface area contributed by atoms with Crippen LogP contribution in [0.5, 0.6) is 0 Å². The van der Waals surface area contributed by atoms with E-state index in [0.717, 1.165) is 18.4 Å². The molecule has 0 aliphatic carbocycles. The summed E-state index contributed by atoms with van der Waals surface area (Å²) in [6.07, 6.45) is 1.16. The summed E-state index contributed by atoms with van der Waals surface area (Å²) in [6.45, 7) is 15.8. The summed E-state index contributed by atoms with van der Waals surface area (Å²) < 4.78 is 9.71. The number of cyclic esters (lactones) is 2. The maximum atomic E-state index is 12.8. The first-order valence-corrected chi connectivity index (χ1v) is 15.1. The lowest BCUT2D eigenvalue weighted by atomic mass is 9.85. The largest absolute Gasteiger partial charge is 0.462 e. The number of hydrogen-bond donors (Lipinski definition) is 3. The Hall–Kier alpha value is -2.95. The molecule has 242 valence electrons. The van der Waals surface area contributed by atoms with Gasteiger partial charge in [-0.2, -0.15) is 0 Å². The highest BCUT2D eigenvalue weighted by atomic mass is 16.6. The van der Waals surface area contributed by atoms with Crippen LogP contribution in [-0.4, -0.2) is 69.2 Å². The average Bonchev–Trinajstić information content (AvgIpc) is 3.19. The van der Waals surface area contributed by atoms with Gasteiger partial charge < -0.3 is 24.8 Å². The minimum Gasteiger partial charge on any atom is -0.462 e. The van der Waals surface area contributed by atoms with Crippen LogP contribution in [0.4, 0.5) is 0 Å². The fourth-order valence-electron chi connectivity index (χ4n) is 5.10. The summed E-state index contributed by atoms with van der Waals surface area (Å²) in [6, 6.07) is 0. The summed E-state index contributed by atoms with van der Waals surface area (Å²) in [4.78, 5) is 60.6. The predicted molar refractivity (Wildman–Crippen MR) is 160 cm³/mol. The smallest absolute Gasteiger partial charge is 0.345 e. The molecule has 0 aromatic carbocycles. The van der Waals surface area contributed by atoms with Crippen LogP contribution in [0.2, 0.25) is 0 Å². The Labute approximate surface area is 255 Å². The Morgan fingerprint density at radius 2 is 1.53 bits per heavy atom. The molecule has 0 aromatic rings. The maximum absolute atomic E-state index is 12.8. The Kier molecular flexibility index (Phi) is 15.9.